The van der Waals surface area contributed by atoms with Crippen LogP contribution in [0.25, 0.3) is 0 Å². The molecule has 4 N–H and O–H groups in total. The summed E-state index contributed by atoms with van der Waals surface area (Å²) in [6, 6.07) is -0.00774. The van der Waals surface area contributed by atoms with Crippen LogP contribution in [-0.4, -0.2) is 64.5 Å². The number of amides is 1. The van der Waals surface area contributed by atoms with Crippen molar-refractivity contribution in [3.63, 3.8) is 0 Å². The van der Waals surface area contributed by atoms with Gasteiger partial charge in [0.25, 0.3) is 0 Å². The molecule has 3 aliphatic rings. The third kappa shape index (κ3) is 3.79. The number of alkyl halides is 2. The lowest BCUT2D eigenvalue weighted by molar-refractivity contribution is -0.124. The van der Waals surface area contributed by atoms with Gasteiger partial charge >= 0.3 is 0 Å². The van der Waals surface area contributed by atoms with Crippen molar-refractivity contribution in [2.24, 2.45) is 17.6 Å². The molecule has 1 aliphatic carbocycles. The van der Waals surface area contributed by atoms with Crippen molar-refractivity contribution in [3.8, 4) is 0 Å². The monoisotopic (exact) mass is 363 g/mol. The molecule has 7 heteroatoms. The molecule has 2 saturated heterocycles. The van der Waals surface area contributed by atoms with E-state index in [1.807, 2.05) is 0 Å². The van der Waals surface area contributed by atoms with E-state index in [0.717, 1.165) is 38.9 Å². The lowest BCUT2D eigenvalue weighted by Crippen LogP contribution is -2.53. The van der Waals surface area contributed by atoms with E-state index in [2.05, 4.69) is 10.2 Å². The summed E-state index contributed by atoms with van der Waals surface area (Å²) in [5.74, 6) is 0.568. The molecule has 0 aromatic heterocycles. The standard InChI is InChI=1S/C16H27Cl2N3O2/c17-11-7-10(14(22)8-12(11)18)15(19)9-2-5-21(6-3-9)13-1-4-20-16(13)23/h9-15,22H,1-8,19H2,(H,20,23). The number of hydrogen-bond donors (Lipinski definition) is 3. The Balaban J connectivity index is 1.53. The summed E-state index contributed by atoms with van der Waals surface area (Å²) in [5, 5.41) is 13.0. The molecule has 5 nitrogen and oxygen atoms in total. The molecule has 0 spiro atoms. The molecule has 0 aromatic rings. The first-order valence-corrected chi connectivity index (χ1v) is 9.58. The van der Waals surface area contributed by atoms with E-state index in [0.29, 0.717) is 18.8 Å². The molecule has 3 rings (SSSR count). The summed E-state index contributed by atoms with van der Waals surface area (Å²) in [4.78, 5) is 14.1. The van der Waals surface area contributed by atoms with Gasteiger partial charge in [0.2, 0.25) is 5.91 Å². The Morgan fingerprint density at radius 3 is 2.43 bits per heavy atom. The molecule has 6 unspecified atom stereocenters. The summed E-state index contributed by atoms with van der Waals surface area (Å²) in [7, 11) is 0. The molecule has 2 heterocycles. The van der Waals surface area contributed by atoms with Crippen molar-refractivity contribution in [3.05, 3.63) is 0 Å². The maximum Gasteiger partial charge on any atom is 0.237 e. The van der Waals surface area contributed by atoms with Crippen LogP contribution in [0.5, 0.6) is 0 Å². The van der Waals surface area contributed by atoms with Crippen LogP contribution in [0.1, 0.15) is 32.1 Å². The zero-order chi connectivity index (χ0) is 16.6. The quantitative estimate of drug-likeness (QED) is 0.651. The van der Waals surface area contributed by atoms with Crippen LogP contribution in [0.15, 0.2) is 0 Å². The predicted molar refractivity (Wildman–Crippen MR) is 91.7 cm³/mol. The van der Waals surface area contributed by atoms with Crippen LogP contribution in [0.4, 0.5) is 0 Å². The molecule has 132 valence electrons. The van der Waals surface area contributed by atoms with E-state index >= 15 is 0 Å². The Kier molecular flexibility index (Phi) is 5.74. The highest BCUT2D eigenvalue weighted by Crippen LogP contribution is 2.37. The third-order valence-electron chi connectivity index (χ3n) is 5.92. The number of piperidine rings is 1. The van der Waals surface area contributed by atoms with E-state index in [1.54, 1.807) is 0 Å². The Hall–Kier alpha value is -0.0700. The second kappa shape index (κ2) is 7.44. The first-order chi connectivity index (χ1) is 11.0. The zero-order valence-corrected chi connectivity index (χ0v) is 14.8. The first-order valence-electron chi connectivity index (χ1n) is 8.71. The van der Waals surface area contributed by atoms with Gasteiger partial charge in [-0.2, -0.15) is 0 Å². The Morgan fingerprint density at radius 1 is 1.17 bits per heavy atom. The summed E-state index contributed by atoms with van der Waals surface area (Å²) < 4.78 is 0. The molecule has 2 aliphatic heterocycles. The normalized spacial score (nSPS) is 41.7. The Bertz CT molecular complexity index is 432. The number of aliphatic hydroxyl groups excluding tert-OH is 1. The maximum absolute atomic E-state index is 11.8. The summed E-state index contributed by atoms with van der Waals surface area (Å²) >= 11 is 12.4. The number of nitrogens with zero attached hydrogens (tertiary/aromatic N) is 1. The Labute approximate surface area is 147 Å². The van der Waals surface area contributed by atoms with Gasteiger partial charge in [-0.05, 0) is 51.1 Å². The summed E-state index contributed by atoms with van der Waals surface area (Å²) in [6.07, 6.45) is 3.61. The highest BCUT2D eigenvalue weighted by molar-refractivity contribution is 6.30. The second-order valence-electron chi connectivity index (χ2n) is 7.28. The number of hydrogen-bond acceptors (Lipinski definition) is 4. The molecule has 0 aromatic carbocycles. The zero-order valence-electron chi connectivity index (χ0n) is 13.3. The van der Waals surface area contributed by atoms with Gasteiger partial charge in [-0.25, -0.2) is 0 Å². The first kappa shape index (κ1) is 17.7. The van der Waals surface area contributed by atoms with E-state index in [1.165, 1.54) is 0 Å². The van der Waals surface area contributed by atoms with E-state index < -0.39 is 6.10 Å². The second-order valence-corrected chi connectivity index (χ2v) is 8.40. The number of nitrogens with two attached hydrogens (primary N) is 1. The minimum Gasteiger partial charge on any atom is -0.393 e. The largest absolute Gasteiger partial charge is 0.393 e. The molecular formula is C16H27Cl2N3O2. The molecule has 6 atom stereocenters. The van der Waals surface area contributed by atoms with Crippen LogP contribution < -0.4 is 11.1 Å². The van der Waals surface area contributed by atoms with Crippen LogP contribution in [0.2, 0.25) is 0 Å². The van der Waals surface area contributed by atoms with Gasteiger partial charge in [0.15, 0.2) is 0 Å². The third-order valence-corrected chi connectivity index (χ3v) is 7.02. The van der Waals surface area contributed by atoms with Crippen LogP contribution in [-0.2, 0) is 4.79 Å². The number of halogens is 2. The van der Waals surface area contributed by atoms with Gasteiger partial charge in [-0.1, -0.05) is 0 Å². The van der Waals surface area contributed by atoms with Gasteiger partial charge in [-0.15, -0.1) is 23.2 Å². The molecule has 3 fully saturated rings. The SMILES string of the molecule is NC(C1CCN(C2CCNC2=O)CC1)C1CC(Cl)C(Cl)CC1O. The van der Waals surface area contributed by atoms with Crippen molar-refractivity contribution in [2.75, 3.05) is 19.6 Å². The highest BCUT2D eigenvalue weighted by atomic mass is 35.5. The van der Waals surface area contributed by atoms with Gasteiger partial charge in [-0.3, -0.25) is 9.69 Å². The number of rotatable bonds is 3. The van der Waals surface area contributed by atoms with E-state index in [-0.39, 0.29) is 34.7 Å². The molecule has 1 amide bonds. The summed E-state index contributed by atoms with van der Waals surface area (Å²) in [6.45, 7) is 2.59. The van der Waals surface area contributed by atoms with E-state index in [4.69, 9.17) is 28.9 Å². The summed E-state index contributed by atoms with van der Waals surface area (Å²) in [5.41, 5.74) is 6.49. The minimum atomic E-state index is -0.457. The minimum absolute atomic E-state index is 0.0267. The number of aliphatic hydroxyl groups is 1. The number of carbonyl (C=O) groups excluding carboxylic acids is 1. The van der Waals surface area contributed by atoms with Crippen molar-refractivity contribution in [2.45, 2.75) is 61.0 Å². The molecule has 1 saturated carbocycles. The van der Waals surface area contributed by atoms with Gasteiger partial charge in [0.05, 0.1) is 22.9 Å². The Morgan fingerprint density at radius 2 is 1.83 bits per heavy atom. The number of nitrogens with one attached hydrogen (secondary N) is 1. The van der Waals surface area contributed by atoms with Gasteiger partial charge in [0, 0.05) is 18.5 Å². The van der Waals surface area contributed by atoms with Crippen molar-refractivity contribution < 1.29 is 9.90 Å². The van der Waals surface area contributed by atoms with Gasteiger partial charge < -0.3 is 16.2 Å². The van der Waals surface area contributed by atoms with Crippen LogP contribution in [0, 0.1) is 11.8 Å². The van der Waals surface area contributed by atoms with Crippen molar-refractivity contribution >= 4 is 29.1 Å². The fourth-order valence-corrected chi connectivity index (χ4v) is 5.02. The fraction of sp³-hybridized carbons (Fsp3) is 0.938. The van der Waals surface area contributed by atoms with Crippen molar-refractivity contribution in [1.82, 2.24) is 10.2 Å². The lowest BCUT2D eigenvalue weighted by Gasteiger charge is -2.43. The molecular weight excluding hydrogens is 337 g/mol. The highest BCUT2D eigenvalue weighted by Gasteiger charge is 2.41. The maximum atomic E-state index is 11.8. The van der Waals surface area contributed by atoms with E-state index in [9.17, 15) is 9.90 Å². The van der Waals surface area contributed by atoms with Crippen LogP contribution in [0.3, 0.4) is 0 Å². The number of carbonyl (C=O) groups is 1. The predicted octanol–water partition coefficient (Wildman–Crippen LogP) is 0.900. The fourth-order valence-electron chi connectivity index (χ4n) is 4.43. The molecule has 23 heavy (non-hydrogen) atoms. The molecule has 0 radical (unpaired) electrons. The average Bonchev–Trinajstić information content (AvgIpc) is 2.96. The smallest absolute Gasteiger partial charge is 0.237 e. The van der Waals surface area contributed by atoms with Gasteiger partial charge in [0.1, 0.15) is 0 Å². The lowest BCUT2D eigenvalue weighted by atomic mass is 9.74. The van der Waals surface area contributed by atoms with Crippen LogP contribution >= 0.6 is 23.2 Å². The topological polar surface area (TPSA) is 78.6 Å². The van der Waals surface area contributed by atoms with Crippen molar-refractivity contribution in [1.29, 1.82) is 0 Å². The number of likely N-dealkylation sites (tertiary alicyclic amines) is 1. The average molecular weight is 364 g/mol. The molecule has 0 bridgehead atoms.